The average molecular weight is 273 g/mol. The van der Waals surface area contributed by atoms with E-state index in [1.54, 1.807) is 6.07 Å². The highest BCUT2D eigenvalue weighted by Gasteiger charge is 2.08. The normalized spacial score (nSPS) is 10.2. The highest BCUT2D eigenvalue weighted by atomic mass is 32.1. The van der Waals surface area contributed by atoms with Gasteiger partial charge in [0.1, 0.15) is 16.5 Å². The Morgan fingerprint density at radius 1 is 1.26 bits per heavy atom. The number of benzene rings is 2. The zero-order valence-corrected chi connectivity index (χ0v) is 11.4. The van der Waals surface area contributed by atoms with Gasteiger partial charge in [0.25, 0.3) is 0 Å². The Bertz CT molecular complexity index is 611. The van der Waals surface area contributed by atoms with E-state index in [0.717, 1.165) is 11.1 Å². The standard InChI is InChI=1S/C15H15NO2S/c1-10-5-6-13(15(16)19)14(7-10)18-12-4-2-3-11(8-12)9-17/h2-8,17H,9H2,1H3,(H2,16,19). The molecule has 98 valence electrons. The Balaban J connectivity index is 2.36. The number of hydrogen-bond acceptors (Lipinski definition) is 3. The van der Waals surface area contributed by atoms with Crippen molar-refractivity contribution in [3.63, 3.8) is 0 Å². The van der Waals surface area contributed by atoms with Crippen molar-refractivity contribution in [2.75, 3.05) is 0 Å². The molecule has 19 heavy (non-hydrogen) atoms. The molecule has 2 aromatic carbocycles. The van der Waals surface area contributed by atoms with Crippen LogP contribution in [0, 0.1) is 6.92 Å². The van der Waals surface area contributed by atoms with Crippen molar-refractivity contribution in [1.29, 1.82) is 0 Å². The van der Waals surface area contributed by atoms with Crippen molar-refractivity contribution in [3.05, 3.63) is 59.2 Å². The first-order valence-electron chi connectivity index (χ1n) is 5.88. The molecule has 2 rings (SSSR count). The smallest absolute Gasteiger partial charge is 0.137 e. The molecule has 3 nitrogen and oxygen atoms in total. The summed E-state index contributed by atoms with van der Waals surface area (Å²) in [5.74, 6) is 1.28. The van der Waals surface area contributed by atoms with Crippen LogP contribution in [0.4, 0.5) is 0 Å². The minimum atomic E-state index is -0.0207. The minimum Gasteiger partial charge on any atom is -0.457 e. The lowest BCUT2D eigenvalue weighted by atomic mass is 10.1. The number of ether oxygens (including phenoxy) is 1. The highest BCUT2D eigenvalue weighted by Crippen LogP contribution is 2.27. The first-order valence-corrected chi connectivity index (χ1v) is 6.29. The van der Waals surface area contributed by atoms with Gasteiger partial charge >= 0.3 is 0 Å². The summed E-state index contributed by atoms with van der Waals surface area (Å²) in [4.78, 5) is 0.299. The molecule has 0 atom stereocenters. The van der Waals surface area contributed by atoms with Gasteiger partial charge in [-0.1, -0.05) is 30.4 Å². The fourth-order valence-corrected chi connectivity index (χ4v) is 1.92. The molecule has 0 saturated heterocycles. The summed E-state index contributed by atoms with van der Waals surface area (Å²) >= 11 is 5.02. The van der Waals surface area contributed by atoms with Crippen molar-refractivity contribution >= 4 is 17.2 Å². The molecule has 0 amide bonds. The lowest BCUT2D eigenvalue weighted by Crippen LogP contribution is -2.10. The summed E-state index contributed by atoms with van der Waals surface area (Å²) in [6.07, 6.45) is 0. The third kappa shape index (κ3) is 3.30. The number of aliphatic hydroxyl groups is 1. The van der Waals surface area contributed by atoms with Gasteiger partial charge in [-0.3, -0.25) is 0 Å². The summed E-state index contributed by atoms with van der Waals surface area (Å²) in [5, 5.41) is 9.12. The molecule has 0 saturated carbocycles. The third-order valence-corrected chi connectivity index (χ3v) is 2.93. The van der Waals surface area contributed by atoms with Crippen LogP contribution in [0.5, 0.6) is 11.5 Å². The van der Waals surface area contributed by atoms with Crippen LogP contribution < -0.4 is 10.5 Å². The molecule has 2 aromatic rings. The molecule has 0 aliphatic rings. The van der Waals surface area contributed by atoms with Crippen LogP contribution in [0.1, 0.15) is 16.7 Å². The molecule has 0 bridgehead atoms. The Kier molecular flexibility index (Phi) is 4.14. The van der Waals surface area contributed by atoms with Crippen molar-refractivity contribution < 1.29 is 9.84 Å². The first kappa shape index (κ1) is 13.5. The zero-order chi connectivity index (χ0) is 13.8. The molecule has 0 unspecified atom stereocenters. The number of nitrogens with two attached hydrogens (primary N) is 1. The number of rotatable bonds is 4. The number of aryl methyl sites for hydroxylation is 1. The molecule has 0 heterocycles. The Morgan fingerprint density at radius 2 is 2.05 bits per heavy atom. The van der Waals surface area contributed by atoms with Gasteiger partial charge in [0.05, 0.1) is 12.2 Å². The Labute approximate surface area is 117 Å². The van der Waals surface area contributed by atoms with Crippen LogP contribution in [0.3, 0.4) is 0 Å². The molecule has 0 fully saturated rings. The average Bonchev–Trinajstić information content (AvgIpc) is 2.38. The summed E-state index contributed by atoms with van der Waals surface area (Å²) in [6.45, 7) is 1.95. The summed E-state index contributed by atoms with van der Waals surface area (Å²) in [5.41, 5.74) is 8.25. The topological polar surface area (TPSA) is 55.5 Å². The Hall–Kier alpha value is -1.91. The highest BCUT2D eigenvalue weighted by molar-refractivity contribution is 7.80. The number of hydrogen-bond donors (Lipinski definition) is 2. The predicted octanol–water partition coefficient (Wildman–Crippen LogP) is 2.91. The van der Waals surface area contributed by atoms with Crippen molar-refractivity contribution in [2.24, 2.45) is 5.73 Å². The van der Waals surface area contributed by atoms with E-state index < -0.39 is 0 Å². The van der Waals surface area contributed by atoms with Gasteiger partial charge < -0.3 is 15.6 Å². The van der Waals surface area contributed by atoms with E-state index in [1.165, 1.54) is 0 Å². The minimum absolute atomic E-state index is 0.0207. The second-order valence-corrected chi connectivity index (χ2v) is 4.71. The maximum Gasteiger partial charge on any atom is 0.137 e. The maximum atomic E-state index is 9.12. The lowest BCUT2D eigenvalue weighted by molar-refractivity contribution is 0.281. The van der Waals surface area contributed by atoms with Gasteiger partial charge in [-0.25, -0.2) is 0 Å². The van der Waals surface area contributed by atoms with Crippen LogP contribution in [0.2, 0.25) is 0 Å². The molecular formula is C15H15NO2S. The van der Waals surface area contributed by atoms with Gasteiger partial charge in [-0.05, 0) is 42.3 Å². The summed E-state index contributed by atoms with van der Waals surface area (Å²) < 4.78 is 5.82. The predicted molar refractivity (Wildman–Crippen MR) is 79.5 cm³/mol. The van der Waals surface area contributed by atoms with Crippen molar-refractivity contribution in [2.45, 2.75) is 13.5 Å². The third-order valence-electron chi connectivity index (χ3n) is 2.71. The van der Waals surface area contributed by atoms with Crippen LogP contribution in [-0.4, -0.2) is 10.1 Å². The monoisotopic (exact) mass is 273 g/mol. The molecular weight excluding hydrogens is 258 g/mol. The first-order chi connectivity index (χ1) is 9.10. The molecule has 0 aliphatic heterocycles. The second kappa shape index (κ2) is 5.82. The van der Waals surface area contributed by atoms with Crippen LogP contribution in [0.15, 0.2) is 42.5 Å². The van der Waals surface area contributed by atoms with Gasteiger partial charge in [0.15, 0.2) is 0 Å². The SMILES string of the molecule is Cc1ccc(C(N)=S)c(Oc2cccc(CO)c2)c1. The number of thiocarbonyl (C=S) groups is 1. The van der Waals surface area contributed by atoms with E-state index in [-0.39, 0.29) is 6.61 Å². The molecule has 0 radical (unpaired) electrons. The second-order valence-electron chi connectivity index (χ2n) is 4.27. The molecule has 0 spiro atoms. The van der Waals surface area contributed by atoms with E-state index in [9.17, 15) is 0 Å². The summed E-state index contributed by atoms with van der Waals surface area (Å²) in [6, 6.07) is 12.9. The van der Waals surface area contributed by atoms with E-state index in [0.29, 0.717) is 22.1 Å². The van der Waals surface area contributed by atoms with Crippen LogP contribution in [-0.2, 0) is 6.61 Å². The maximum absolute atomic E-state index is 9.12. The largest absolute Gasteiger partial charge is 0.457 e. The van der Waals surface area contributed by atoms with Gasteiger partial charge in [-0.2, -0.15) is 0 Å². The van der Waals surface area contributed by atoms with Gasteiger partial charge in [-0.15, -0.1) is 0 Å². The Morgan fingerprint density at radius 3 is 2.74 bits per heavy atom. The van der Waals surface area contributed by atoms with Gasteiger partial charge in [0.2, 0.25) is 0 Å². The molecule has 3 N–H and O–H groups in total. The molecule has 0 aliphatic carbocycles. The van der Waals surface area contributed by atoms with Crippen LogP contribution in [0.25, 0.3) is 0 Å². The van der Waals surface area contributed by atoms with E-state index in [4.69, 9.17) is 27.8 Å². The van der Waals surface area contributed by atoms with Gasteiger partial charge in [0, 0.05) is 0 Å². The number of aliphatic hydroxyl groups excluding tert-OH is 1. The van der Waals surface area contributed by atoms with E-state index in [2.05, 4.69) is 0 Å². The van der Waals surface area contributed by atoms with E-state index >= 15 is 0 Å². The summed E-state index contributed by atoms with van der Waals surface area (Å²) in [7, 11) is 0. The molecule has 0 aromatic heterocycles. The van der Waals surface area contributed by atoms with E-state index in [1.807, 2.05) is 43.3 Å². The van der Waals surface area contributed by atoms with Crippen LogP contribution >= 0.6 is 12.2 Å². The fraction of sp³-hybridized carbons (Fsp3) is 0.133. The molecule has 4 heteroatoms. The van der Waals surface area contributed by atoms with Crippen molar-refractivity contribution in [3.8, 4) is 11.5 Å². The zero-order valence-electron chi connectivity index (χ0n) is 10.6. The van der Waals surface area contributed by atoms with Crippen molar-refractivity contribution in [1.82, 2.24) is 0 Å². The lowest BCUT2D eigenvalue weighted by Gasteiger charge is -2.11. The quantitative estimate of drug-likeness (QED) is 0.841. The fourth-order valence-electron chi connectivity index (χ4n) is 1.75.